The zero-order valence-electron chi connectivity index (χ0n) is 12.4. The summed E-state index contributed by atoms with van der Waals surface area (Å²) in [5.74, 6) is 1.32. The Labute approximate surface area is 125 Å². The molecule has 0 atom stereocenters. The molecule has 0 aromatic heterocycles. The third kappa shape index (κ3) is 3.29. The Morgan fingerprint density at radius 3 is 2.76 bits per heavy atom. The molecule has 1 aromatic rings. The van der Waals surface area contributed by atoms with Crippen LogP contribution in [-0.4, -0.2) is 43.7 Å². The maximum atomic E-state index is 12.6. The SMILES string of the molecule is Cc1cc(N)c(OCC2CC2)cc1C(=O)N1CCOCC1. The van der Waals surface area contributed by atoms with Crippen molar-refractivity contribution < 1.29 is 14.3 Å². The summed E-state index contributed by atoms with van der Waals surface area (Å²) in [6, 6.07) is 3.63. The number of benzene rings is 1. The molecular formula is C16H22N2O3. The van der Waals surface area contributed by atoms with Crippen molar-refractivity contribution in [3.8, 4) is 5.75 Å². The molecule has 2 aliphatic rings. The van der Waals surface area contributed by atoms with Gasteiger partial charge in [0.05, 0.1) is 25.5 Å². The number of hydrogen-bond donors (Lipinski definition) is 1. The standard InChI is InChI=1S/C16H22N2O3/c1-11-8-14(17)15(21-10-12-2-3-12)9-13(11)16(19)18-4-6-20-7-5-18/h8-9,12H,2-7,10,17H2,1H3. The lowest BCUT2D eigenvalue weighted by molar-refractivity contribution is 0.0302. The van der Waals surface area contributed by atoms with Crippen molar-refractivity contribution in [3.63, 3.8) is 0 Å². The normalized spacial score (nSPS) is 18.6. The number of morpholine rings is 1. The second-order valence-corrected chi connectivity index (χ2v) is 5.86. The molecule has 0 radical (unpaired) electrons. The molecular weight excluding hydrogens is 268 g/mol. The van der Waals surface area contributed by atoms with E-state index in [2.05, 4.69) is 0 Å². The van der Waals surface area contributed by atoms with Gasteiger partial charge in [0.1, 0.15) is 5.75 Å². The van der Waals surface area contributed by atoms with Crippen LogP contribution in [0.4, 0.5) is 5.69 Å². The average molecular weight is 290 g/mol. The molecule has 1 amide bonds. The molecule has 3 rings (SSSR count). The van der Waals surface area contributed by atoms with Crippen LogP contribution in [0.1, 0.15) is 28.8 Å². The quantitative estimate of drug-likeness (QED) is 0.859. The number of hydrogen-bond acceptors (Lipinski definition) is 4. The summed E-state index contributed by atoms with van der Waals surface area (Å²) < 4.78 is 11.1. The Balaban J connectivity index is 1.78. The van der Waals surface area contributed by atoms with E-state index < -0.39 is 0 Å². The van der Waals surface area contributed by atoms with Gasteiger partial charge in [-0.15, -0.1) is 0 Å². The molecule has 0 bridgehead atoms. The molecule has 1 saturated heterocycles. The van der Waals surface area contributed by atoms with Gasteiger partial charge in [-0.1, -0.05) is 0 Å². The molecule has 21 heavy (non-hydrogen) atoms. The molecule has 1 aliphatic heterocycles. The first-order chi connectivity index (χ1) is 10.1. The Kier molecular flexibility index (Phi) is 4.01. The number of carbonyl (C=O) groups excluding carboxylic acids is 1. The minimum Gasteiger partial charge on any atom is -0.491 e. The van der Waals surface area contributed by atoms with Crippen molar-refractivity contribution in [1.29, 1.82) is 0 Å². The highest BCUT2D eigenvalue weighted by Crippen LogP contribution is 2.32. The average Bonchev–Trinajstić information content (AvgIpc) is 3.31. The van der Waals surface area contributed by atoms with Gasteiger partial charge < -0.3 is 20.1 Å². The van der Waals surface area contributed by atoms with Crippen LogP contribution in [0.15, 0.2) is 12.1 Å². The molecule has 114 valence electrons. The van der Waals surface area contributed by atoms with Crippen molar-refractivity contribution in [2.45, 2.75) is 19.8 Å². The van der Waals surface area contributed by atoms with Crippen LogP contribution in [0.25, 0.3) is 0 Å². The third-order valence-corrected chi connectivity index (χ3v) is 4.06. The smallest absolute Gasteiger partial charge is 0.254 e. The zero-order chi connectivity index (χ0) is 14.8. The van der Waals surface area contributed by atoms with Gasteiger partial charge in [0.15, 0.2) is 0 Å². The molecule has 0 spiro atoms. The van der Waals surface area contributed by atoms with Gasteiger partial charge in [-0.2, -0.15) is 0 Å². The van der Waals surface area contributed by atoms with Gasteiger partial charge in [0.25, 0.3) is 5.91 Å². The number of amides is 1. The first-order valence-corrected chi connectivity index (χ1v) is 7.55. The van der Waals surface area contributed by atoms with E-state index in [0.29, 0.717) is 55.8 Å². The summed E-state index contributed by atoms with van der Waals surface area (Å²) in [6.07, 6.45) is 2.46. The van der Waals surface area contributed by atoms with E-state index in [9.17, 15) is 4.79 Å². The van der Waals surface area contributed by atoms with E-state index in [1.807, 2.05) is 17.9 Å². The number of aryl methyl sites for hydroxylation is 1. The maximum absolute atomic E-state index is 12.6. The van der Waals surface area contributed by atoms with E-state index in [-0.39, 0.29) is 5.91 Å². The Morgan fingerprint density at radius 2 is 2.10 bits per heavy atom. The molecule has 1 aromatic carbocycles. The molecule has 5 heteroatoms. The lowest BCUT2D eigenvalue weighted by Crippen LogP contribution is -2.41. The van der Waals surface area contributed by atoms with Gasteiger partial charge >= 0.3 is 0 Å². The lowest BCUT2D eigenvalue weighted by Gasteiger charge is -2.27. The number of carbonyl (C=O) groups is 1. The van der Waals surface area contributed by atoms with Crippen LogP contribution in [0.3, 0.4) is 0 Å². The van der Waals surface area contributed by atoms with Crippen molar-refractivity contribution in [1.82, 2.24) is 4.90 Å². The second-order valence-electron chi connectivity index (χ2n) is 5.86. The summed E-state index contributed by atoms with van der Waals surface area (Å²) in [4.78, 5) is 14.4. The minimum absolute atomic E-state index is 0.0343. The minimum atomic E-state index is 0.0343. The predicted molar refractivity (Wildman–Crippen MR) is 80.5 cm³/mol. The van der Waals surface area contributed by atoms with Gasteiger partial charge in [-0.3, -0.25) is 4.79 Å². The van der Waals surface area contributed by atoms with E-state index >= 15 is 0 Å². The van der Waals surface area contributed by atoms with Crippen LogP contribution in [-0.2, 0) is 4.74 Å². The van der Waals surface area contributed by atoms with Crippen LogP contribution >= 0.6 is 0 Å². The van der Waals surface area contributed by atoms with Crippen molar-refractivity contribution in [2.24, 2.45) is 5.92 Å². The first kappa shape index (κ1) is 14.2. The fourth-order valence-electron chi connectivity index (χ4n) is 2.49. The molecule has 5 nitrogen and oxygen atoms in total. The largest absolute Gasteiger partial charge is 0.491 e. The number of ether oxygens (including phenoxy) is 2. The van der Waals surface area contributed by atoms with Crippen LogP contribution < -0.4 is 10.5 Å². The highest BCUT2D eigenvalue weighted by molar-refractivity contribution is 5.96. The van der Waals surface area contributed by atoms with E-state index in [1.54, 1.807) is 6.07 Å². The van der Waals surface area contributed by atoms with Crippen molar-refractivity contribution in [2.75, 3.05) is 38.6 Å². The van der Waals surface area contributed by atoms with E-state index in [0.717, 1.165) is 5.56 Å². The summed E-state index contributed by atoms with van der Waals surface area (Å²) in [7, 11) is 0. The second kappa shape index (κ2) is 5.93. The topological polar surface area (TPSA) is 64.8 Å². The summed E-state index contributed by atoms with van der Waals surface area (Å²) >= 11 is 0. The molecule has 1 saturated carbocycles. The lowest BCUT2D eigenvalue weighted by atomic mass is 10.1. The monoisotopic (exact) mass is 290 g/mol. The Morgan fingerprint density at radius 1 is 1.38 bits per heavy atom. The van der Waals surface area contributed by atoms with Crippen LogP contribution in [0.5, 0.6) is 5.75 Å². The van der Waals surface area contributed by atoms with E-state index in [4.69, 9.17) is 15.2 Å². The molecule has 1 heterocycles. The third-order valence-electron chi connectivity index (χ3n) is 4.06. The van der Waals surface area contributed by atoms with Gasteiger partial charge in [0.2, 0.25) is 0 Å². The molecule has 2 fully saturated rings. The van der Waals surface area contributed by atoms with Crippen LogP contribution in [0, 0.1) is 12.8 Å². The Bertz CT molecular complexity index is 535. The zero-order valence-corrected chi connectivity index (χ0v) is 12.4. The first-order valence-electron chi connectivity index (χ1n) is 7.55. The molecule has 1 aliphatic carbocycles. The van der Waals surface area contributed by atoms with Crippen molar-refractivity contribution >= 4 is 11.6 Å². The number of nitrogen functional groups attached to an aromatic ring is 1. The number of anilines is 1. The van der Waals surface area contributed by atoms with Crippen molar-refractivity contribution in [3.05, 3.63) is 23.3 Å². The fourth-order valence-corrected chi connectivity index (χ4v) is 2.49. The molecule has 0 unspecified atom stereocenters. The predicted octanol–water partition coefficient (Wildman–Crippen LogP) is 1.84. The van der Waals surface area contributed by atoms with E-state index in [1.165, 1.54) is 12.8 Å². The number of nitrogens with two attached hydrogens (primary N) is 1. The van der Waals surface area contributed by atoms with Gasteiger partial charge in [-0.05, 0) is 43.4 Å². The summed E-state index contributed by atoms with van der Waals surface area (Å²) in [6.45, 7) is 5.09. The summed E-state index contributed by atoms with van der Waals surface area (Å²) in [5.41, 5.74) is 8.18. The number of rotatable bonds is 4. The van der Waals surface area contributed by atoms with Crippen LogP contribution in [0.2, 0.25) is 0 Å². The maximum Gasteiger partial charge on any atom is 0.254 e. The van der Waals surface area contributed by atoms with Gasteiger partial charge in [0, 0.05) is 18.7 Å². The Hall–Kier alpha value is -1.75. The fraction of sp³-hybridized carbons (Fsp3) is 0.562. The number of nitrogens with zero attached hydrogens (tertiary/aromatic N) is 1. The van der Waals surface area contributed by atoms with Gasteiger partial charge in [-0.25, -0.2) is 0 Å². The highest BCUT2D eigenvalue weighted by atomic mass is 16.5. The summed E-state index contributed by atoms with van der Waals surface area (Å²) in [5, 5.41) is 0. The molecule has 2 N–H and O–H groups in total. The highest BCUT2D eigenvalue weighted by Gasteiger charge is 2.24.